The van der Waals surface area contributed by atoms with E-state index < -0.39 is 17.7 Å². The summed E-state index contributed by atoms with van der Waals surface area (Å²) in [4.78, 5) is 27.6. The van der Waals surface area contributed by atoms with E-state index in [9.17, 15) is 14.7 Å². The molecule has 0 aromatic heterocycles. The van der Waals surface area contributed by atoms with Crippen LogP contribution in [0.2, 0.25) is 0 Å². The van der Waals surface area contributed by atoms with E-state index in [0.717, 1.165) is 15.6 Å². The summed E-state index contributed by atoms with van der Waals surface area (Å²) in [6.07, 6.45) is 0.581. The first-order valence-corrected chi connectivity index (χ1v) is 11.8. The highest BCUT2D eigenvalue weighted by Crippen LogP contribution is 2.40. The van der Waals surface area contributed by atoms with Crippen LogP contribution in [0.3, 0.4) is 0 Å². The third kappa shape index (κ3) is 5.65. The molecule has 1 saturated heterocycles. The maximum absolute atomic E-state index is 13.1. The first-order chi connectivity index (χ1) is 15.7. The lowest BCUT2D eigenvalue weighted by atomic mass is 9.94. The molecule has 0 bridgehead atoms. The zero-order valence-electron chi connectivity index (χ0n) is 19.4. The number of aryl methyl sites for hydroxylation is 1. The molecule has 6 nitrogen and oxygen atoms in total. The average molecular weight is 516 g/mol. The number of hydrogen-bond donors (Lipinski definition) is 1. The standard InChI is InChI=1S/C26H30BrNO5/c1-16(2)15-33-20-10-11-21(17(3)14-20)24(29)22-23(18-6-8-19(27)9-7-18)28(12-5-13-32-4)26(31)25(22)30/h6-11,14,16,23,29H,5,12-13,15H2,1-4H3. The Bertz CT molecular complexity index is 1050. The summed E-state index contributed by atoms with van der Waals surface area (Å²) in [7, 11) is 1.59. The molecule has 2 aromatic carbocycles. The summed E-state index contributed by atoms with van der Waals surface area (Å²) in [6.45, 7) is 7.38. The fourth-order valence-electron chi connectivity index (χ4n) is 3.88. The van der Waals surface area contributed by atoms with Crippen molar-refractivity contribution in [1.82, 2.24) is 4.90 Å². The van der Waals surface area contributed by atoms with E-state index in [1.165, 1.54) is 4.90 Å². The van der Waals surface area contributed by atoms with Crippen LogP contribution in [-0.4, -0.2) is 48.6 Å². The molecule has 0 aliphatic carbocycles. The second-order valence-corrected chi connectivity index (χ2v) is 9.49. The molecule has 176 valence electrons. The van der Waals surface area contributed by atoms with Crippen molar-refractivity contribution in [1.29, 1.82) is 0 Å². The molecule has 3 rings (SSSR count). The van der Waals surface area contributed by atoms with Crippen molar-refractivity contribution in [3.05, 3.63) is 69.2 Å². The molecular weight excluding hydrogens is 486 g/mol. The van der Waals surface area contributed by atoms with Gasteiger partial charge in [0, 0.05) is 30.3 Å². The number of Topliss-reactive ketones (excluding diaryl/α,β-unsaturated/α-hetero) is 1. The smallest absolute Gasteiger partial charge is 0.295 e. The van der Waals surface area contributed by atoms with Gasteiger partial charge in [0.1, 0.15) is 11.5 Å². The van der Waals surface area contributed by atoms with Crippen LogP contribution in [0, 0.1) is 12.8 Å². The molecule has 0 radical (unpaired) electrons. The van der Waals surface area contributed by atoms with Crippen LogP contribution in [0.25, 0.3) is 5.76 Å². The van der Waals surface area contributed by atoms with E-state index in [1.807, 2.05) is 37.3 Å². The topological polar surface area (TPSA) is 76.1 Å². The molecule has 0 saturated carbocycles. The quantitative estimate of drug-likeness (QED) is 0.213. The predicted octanol–water partition coefficient (Wildman–Crippen LogP) is 5.25. The zero-order chi connectivity index (χ0) is 24.1. The molecule has 7 heteroatoms. The van der Waals surface area contributed by atoms with Crippen LogP contribution in [0.1, 0.15) is 43.0 Å². The monoisotopic (exact) mass is 515 g/mol. The highest BCUT2D eigenvalue weighted by molar-refractivity contribution is 9.10. The molecule has 1 heterocycles. The van der Waals surface area contributed by atoms with Gasteiger partial charge in [-0.25, -0.2) is 0 Å². The average Bonchev–Trinajstić information content (AvgIpc) is 3.03. The largest absolute Gasteiger partial charge is 0.507 e. The van der Waals surface area contributed by atoms with Crippen LogP contribution >= 0.6 is 15.9 Å². The van der Waals surface area contributed by atoms with E-state index in [0.29, 0.717) is 43.4 Å². The minimum absolute atomic E-state index is 0.0960. The predicted molar refractivity (Wildman–Crippen MR) is 131 cm³/mol. The first-order valence-electron chi connectivity index (χ1n) is 11.0. The minimum Gasteiger partial charge on any atom is -0.507 e. The van der Waals surface area contributed by atoms with Gasteiger partial charge >= 0.3 is 0 Å². The number of carbonyl (C=O) groups excluding carboxylic acids is 2. The van der Waals surface area contributed by atoms with E-state index >= 15 is 0 Å². The summed E-state index contributed by atoms with van der Waals surface area (Å²) in [5.41, 5.74) is 2.11. The Labute approximate surface area is 203 Å². The highest BCUT2D eigenvalue weighted by Gasteiger charge is 2.45. The van der Waals surface area contributed by atoms with E-state index in [1.54, 1.807) is 19.2 Å². The van der Waals surface area contributed by atoms with Gasteiger partial charge in [-0.05, 0) is 60.7 Å². The fraction of sp³-hybridized carbons (Fsp3) is 0.385. The molecule has 1 amide bonds. The number of ketones is 1. The third-order valence-corrected chi connectivity index (χ3v) is 6.04. The summed E-state index contributed by atoms with van der Waals surface area (Å²) < 4.78 is 11.8. The van der Waals surface area contributed by atoms with Crippen molar-refractivity contribution in [3.63, 3.8) is 0 Å². The Morgan fingerprint density at radius 2 is 1.85 bits per heavy atom. The molecule has 2 aromatic rings. The number of aliphatic hydroxyl groups excluding tert-OH is 1. The number of methoxy groups -OCH3 is 1. The van der Waals surface area contributed by atoms with Crippen molar-refractivity contribution in [2.45, 2.75) is 33.2 Å². The molecule has 1 atom stereocenters. The molecule has 33 heavy (non-hydrogen) atoms. The number of hydrogen-bond acceptors (Lipinski definition) is 5. The minimum atomic E-state index is -0.683. The Morgan fingerprint density at radius 1 is 1.15 bits per heavy atom. The van der Waals surface area contributed by atoms with Crippen LogP contribution in [0.4, 0.5) is 0 Å². The van der Waals surface area contributed by atoms with E-state index in [-0.39, 0.29) is 11.3 Å². The Hall–Kier alpha value is -2.64. The Kier molecular flexibility index (Phi) is 8.32. The van der Waals surface area contributed by atoms with Crippen LogP contribution in [-0.2, 0) is 14.3 Å². The molecule has 1 fully saturated rings. The van der Waals surface area contributed by atoms with Crippen molar-refractivity contribution in [3.8, 4) is 5.75 Å². The van der Waals surface area contributed by atoms with E-state index in [2.05, 4.69) is 29.8 Å². The second-order valence-electron chi connectivity index (χ2n) is 8.57. The number of nitrogens with zero attached hydrogens (tertiary/aromatic N) is 1. The molecular formula is C26H30BrNO5. The van der Waals surface area contributed by atoms with Crippen molar-refractivity contribution < 1.29 is 24.2 Å². The SMILES string of the molecule is COCCCN1C(=O)C(=O)C(=C(O)c2ccc(OCC(C)C)cc2C)C1c1ccc(Br)cc1. The van der Waals surface area contributed by atoms with Crippen LogP contribution in [0.15, 0.2) is 52.5 Å². The van der Waals surface area contributed by atoms with Gasteiger partial charge < -0.3 is 19.5 Å². The van der Waals surface area contributed by atoms with Gasteiger partial charge in [-0.15, -0.1) is 0 Å². The van der Waals surface area contributed by atoms with Crippen molar-refractivity contribution in [2.24, 2.45) is 5.92 Å². The second kappa shape index (κ2) is 11.0. The van der Waals surface area contributed by atoms with Crippen molar-refractivity contribution in [2.75, 3.05) is 26.9 Å². The third-order valence-electron chi connectivity index (χ3n) is 5.51. The summed E-state index contributed by atoms with van der Waals surface area (Å²) in [5, 5.41) is 11.3. The number of rotatable bonds is 9. The lowest BCUT2D eigenvalue weighted by Gasteiger charge is -2.25. The molecule has 1 aliphatic heterocycles. The Morgan fingerprint density at radius 3 is 2.45 bits per heavy atom. The number of amides is 1. The lowest BCUT2D eigenvalue weighted by molar-refractivity contribution is -0.140. The van der Waals surface area contributed by atoms with Gasteiger partial charge in [-0.1, -0.05) is 41.9 Å². The Balaban J connectivity index is 2.05. The molecule has 1 unspecified atom stereocenters. The van der Waals surface area contributed by atoms with Gasteiger partial charge in [-0.2, -0.15) is 0 Å². The van der Waals surface area contributed by atoms with Crippen LogP contribution < -0.4 is 4.74 Å². The van der Waals surface area contributed by atoms with Gasteiger partial charge in [0.25, 0.3) is 11.7 Å². The van der Waals surface area contributed by atoms with Crippen molar-refractivity contribution >= 4 is 33.4 Å². The maximum Gasteiger partial charge on any atom is 0.295 e. The number of halogens is 1. The fourth-order valence-corrected chi connectivity index (χ4v) is 4.15. The number of benzene rings is 2. The summed E-state index contributed by atoms with van der Waals surface area (Å²) >= 11 is 3.43. The summed E-state index contributed by atoms with van der Waals surface area (Å²) in [6, 6.07) is 12.1. The number of carbonyl (C=O) groups is 2. The highest BCUT2D eigenvalue weighted by atomic mass is 79.9. The van der Waals surface area contributed by atoms with Gasteiger partial charge in [-0.3, -0.25) is 9.59 Å². The maximum atomic E-state index is 13.1. The van der Waals surface area contributed by atoms with Crippen LogP contribution in [0.5, 0.6) is 5.75 Å². The number of aliphatic hydroxyl groups is 1. The number of likely N-dealkylation sites (tertiary alicyclic amines) is 1. The molecule has 1 N–H and O–H groups in total. The normalized spacial score (nSPS) is 17.8. The molecule has 1 aliphatic rings. The van der Waals surface area contributed by atoms with Gasteiger partial charge in [0.2, 0.25) is 0 Å². The van der Waals surface area contributed by atoms with Gasteiger partial charge in [0.05, 0.1) is 18.2 Å². The molecule has 0 spiro atoms. The first kappa shape index (κ1) is 25.0. The van der Waals surface area contributed by atoms with E-state index in [4.69, 9.17) is 9.47 Å². The number of ether oxygens (including phenoxy) is 2. The lowest BCUT2D eigenvalue weighted by Crippen LogP contribution is -2.31. The summed E-state index contributed by atoms with van der Waals surface area (Å²) in [5.74, 6) is -0.392. The van der Waals surface area contributed by atoms with Gasteiger partial charge in [0.15, 0.2) is 0 Å². The zero-order valence-corrected chi connectivity index (χ0v) is 21.0.